The molecule has 4 aliphatic carbocycles. The molecule has 4 aliphatic rings. The normalized spacial score (nSPS) is 28.9. The van der Waals surface area contributed by atoms with E-state index in [1.807, 2.05) is 24.3 Å². The zero-order valence-corrected chi connectivity index (χ0v) is 18.3. The van der Waals surface area contributed by atoms with Crippen molar-refractivity contribution in [1.82, 2.24) is 0 Å². The predicted molar refractivity (Wildman–Crippen MR) is 130 cm³/mol. The smallest absolute Gasteiger partial charge is 0.255 e. The van der Waals surface area contributed by atoms with Crippen LogP contribution in [0.5, 0.6) is 0 Å². The minimum Gasteiger partial charge on any atom is -0.397 e. The molecule has 0 aliphatic heterocycles. The highest BCUT2D eigenvalue weighted by atomic mass is 16.1. The van der Waals surface area contributed by atoms with Gasteiger partial charge in [-0.05, 0) is 86.0 Å². The number of amides is 1. The molecule has 0 aromatic heterocycles. The fourth-order valence-electron chi connectivity index (χ4n) is 6.59. The van der Waals surface area contributed by atoms with E-state index >= 15 is 0 Å². The van der Waals surface area contributed by atoms with Gasteiger partial charge in [-0.3, -0.25) is 9.79 Å². The number of nitrogen functional groups attached to an aromatic ring is 1. The molecule has 2 aromatic carbocycles. The minimum absolute atomic E-state index is 0.212. The largest absolute Gasteiger partial charge is 0.397 e. The third kappa shape index (κ3) is 4.14. The van der Waals surface area contributed by atoms with Crippen LogP contribution in [-0.4, -0.2) is 24.4 Å². The molecule has 0 saturated heterocycles. The van der Waals surface area contributed by atoms with Crippen LogP contribution in [0.15, 0.2) is 58.6 Å². The molecule has 2 aromatic rings. The van der Waals surface area contributed by atoms with Gasteiger partial charge >= 0.3 is 0 Å². The van der Waals surface area contributed by atoms with Crippen LogP contribution in [0.25, 0.3) is 0 Å². The summed E-state index contributed by atoms with van der Waals surface area (Å²) < 4.78 is 0. The third-order valence-electron chi connectivity index (χ3n) is 7.60. The summed E-state index contributed by atoms with van der Waals surface area (Å²) in [4.78, 5) is 17.3. The second-order valence-electron chi connectivity index (χ2n) is 10.0. The number of hydrogen-bond acceptors (Lipinski definition) is 5. The fraction of sp³-hybridized carbons (Fsp3) is 0.423. The van der Waals surface area contributed by atoms with Gasteiger partial charge in [-0.1, -0.05) is 24.3 Å². The molecule has 6 rings (SSSR count). The molecule has 4 fully saturated rings. The molecule has 6 heteroatoms. The SMILES string of the molecule is NN=C(C=NCC12CC3CC(CC(C3)C1)C2)c1ccc(C(=O)Nc2ccccc2N)cc1. The van der Waals surface area contributed by atoms with Crippen LogP contribution in [0, 0.1) is 23.2 Å². The van der Waals surface area contributed by atoms with Crippen molar-refractivity contribution in [1.29, 1.82) is 0 Å². The highest BCUT2D eigenvalue weighted by molar-refractivity contribution is 6.38. The van der Waals surface area contributed by atoms with E-state index < -0.39 is 0 Å². The zero-order valence-electron chi connectivity index (χ0n) is 18.3. The second kappa shape index (κ2) is 8.41. The van der Waals surface area contributed by atoms with E-state index in [1.54, 1.807) is 30.5 Å². The first kappa shape index (κ1) is 20.7. The Morgan fingerprint density at radius 2 is 1.56 bits per heavy atom. The van der Waals surface area contributed by atoms with Gasteiger partial charge in [0.1, 0.15) is 5.71 Å². The van der Waals surface area contributed by atoms with Crippen LogP contribution in [-0.2, 0) is 0 Å². The Morgan fingerprint density at radius 3 is 2.16 bits per heavy atom. The summed E-state index contributed by atoms with van der Waals surface area (Å²) in [7, 11) is 0. The highest BCUT2D eigenvalue weighted by Crippen LogP contribution is 2.60. The van der Waals surface area contributed by atoms with Crippen molar-refractivity contribution in [3.63, 3.8) is 0 Å². The molecule has 0 atom stereocenters. The van der Waals surface area contributed by atoms with Gasteiger partial charge in [-0.2, -0.15) is 5.10 Å². The van der Waals surface area contributed by atoms with E-state index in [0.29, 0.717) is 28.1 Å². The van der Waals surface area contributed by atoms with Gasteiger partial charge in [0.25, 0.3) is 5.91 Å². The molecule has 4 saturated carbocycles. The van der Waals surface area contributed by atoms with Gasteiger partial charge in [-0.15, -0.1) is 0 Å². The van der Waals surface area contributed by atoms with Crippen molar-refractivity contribution in [2.75, 3.05) is 17.6 Å². The van der Waals surface area contributed by atoms with Crippen LogP contribution in [0.1, 0.15) is 54.4 Å². The lowest BCUT2D eigenvalue weighted by molar-refractivity contribution is -0.0464. The monoisotopic (exact) mass is 429 g/mol. The molecule has 5 N–H and O–H groups in total. The number of nitrogens with two attached hydrogens (primary N) is 2. The number of benzene rings is 2. The standard InChI is InChI=1S/C26H31N5O/c27-22-3-1-2-4-23(22)30-25(32)21-7-5-20(6-8-21)24(31-28)15-29-16-26-12-17-9-18(13-26)11-19(10-17)14-26/h1-8,15,17-19H,9-14,16,27-28H2,(H,30,32). The number of nitrogens with one attached hydrogen (secondary N) is 1. The molecular weight excluding hydrogens is 398 g/mol. The number of para-hydroxylation sites is 2. The average molecular weight is 430 g/mol. The molecule has 4 bridgehead atoms. The van der Waals surface area contributed by atoms with E-state index in [0.717, 1.165) is 29.9 Å². The number of hydrogen-bond donors (Lipinski definition) is 3. The number of anilines is 2. The Bertz CT molecular complexity index is 1020. The quantitative estimate of drug-likeness (QED) is 0.273. The van der Waals surface area contributed by atoms with Crippen molar-refractivity contribution >= 4 is 29.2 Å². The lowest BCUT2D eigenvalue weighted by Crippen LogP contribution is -2.47. The molecule has 166 valence electrons. The van der Waals surface area contributed by atoms with Crippen LogP contribution < -0.4 is 16.9 Å². The molecule has 0 spiro atoms. The Kier molecular flexibility index (Phi) is 5.45. The lowest BCUT2D eigenvalue weighted by atomic mass is 9.49. The molecular formula is C26H31N5O. The van der Waals surface area contributed by atoms with E-state index in [1.165, 1.54) is 38.5 Å². The number of hydrazone groups is 1. The minimum atomic E-state index is -0.212. The number of carbonyl (C=O) groups is 1. The molecule has 1 amide bonds. The van der Waals surface area contributed by atoms with Crippen molar-refractivity contribution in [3.05, 3.63) is 59.7 Å². The van der Waals surface area contributed by atoms with Crippen LogP contribution in [0.2, 0.25) is 0 Å². The van der Waals surface area contributed by atoms with Crippen LogP contribution >= 0.6 is 0 Å². The summed E-state index contributed by atoms with van der Waals surface area (Å²) in [6.45, 7) is 0.870. The number of carbonyl (C=O) groups excluding carboxylic acids is 1. The predicted octanol–water partition coefficient (Wildman–Crippen LogP) is 4.47. The Hall–Kier alpha value is -3.15. The summed E-state index contributed by atoms with van der Waals surface area (Å²) >= 11 is 0. The van der Waals surface area contributed by atoms with Crippen LogP contribution in [0.4, 0.5) is 11.4 Å². The number of rotatable bonds is 6. The maximum atomic E-state index is 12.5. The summed E-state index contributed by atoms with van der Waals surface area (Å²) in [6.07, 6.45) is 10.1. The first-order valence-electron chi connectivity index (χ1n) is 11.6. The van der Waals surface area contributed by atoms with Crippen molar-refractivity contribution in [3.8, 4) is 0 Å². The molecule has 6 nitrogen and oxygen atoms in total. The number of aliphatic imine (C=N–C) groups is 1. The van der Waals surface area contributed by atoms with Gasteiger partial charge in [0, 0.05) is 23.9 Å². The van der Waals surface area contributed by atoms with E-state index in [2.05, 4.69) is 10.4 Å². The van der Waals surface area contributed by atoms with Gasteiger partial charge in [0.2, 0.25) is 0 Å². The summed E-state index contributed by atoms with van der Waals surface area (Å²) in [5, 5.41) is 6.79. The van der Waals surface area contributed by atoms with Crippen molar-refractivity contribution < 1.29 is 4.79 Å². The van der Waals surface area contributed by atoms with E-state index in [9.17, 15) is 4.79 Å². The van der Waals surface area contributed by atoms with Gasteiger partial charge in [-0.25, -0.2) is 0 Å². The Morgan fingerprint density at radius 1 is 0.969 bits per heavy atom. The summed E-state index contributed by atoms with van der Waals surface area (Å²) in [5.74, 6) is 8.22. The second-order valence-corrected chi connectivity index (χ2v) is 10.0. The maximum Gasteiger partial charge on any atom is 0.255 e. The molecule has 0 unspecified atom stereocenters. The highest BCUT2D eigenvalue weighted by Gasteiger charge is 2.50. The Labute approximate surface area is 189 Å². The lowest BCUT2D eigenvalue weighted by Gasteiger charge is -2.56. The summed E-state index contributed by atoms with van der Waals surface area (Å²) in [5.41, 5.74) is 9.46. The van der Waals surface area contributed by atoms with Gasteiger partial charge < -0.3 is 16.9 Å². The van der Waals surface area contributed by atoms with E-state index in [-0.39, 0.29) is 5.91 Å². The van der Waals surface area contributed by atoms with Crippen molar-refractivity contribution in [2.45, 2.75) is 38.5 Å². The van der Waals surface area contributed by atoms with Crippen LogP contribution in [0.3, 0.4) is 0 Å². The average Bonchev–Trinajstić information content (AvgIpc) is 2.77. The van der Waals surface area contributed by atoms with Gasteiger partial charge in [0.05, 0.1) is 11.4 Å². The topological polar surface area (TPSA) is 106 Å². The van der Waals surface area contributed by atoms with E-state index in [4.69, 9.17) is 16.6 Å². The number of nitrogens with zero attached hydrogens (tertiary/aromatic N) is 2. The Balaban J connectivity index is 1.23. The molecule has 0 heterocycles. The van der Waals surface area contributed by atoms with Crippen molar-refractivity contribution in [2.24, 2.45) is 39.1 Å². The first-order valence-corrected chi connectivity index (χ1v) is 11.6. The molecule has 32 heavy (non-hydrogen) atoms. The first-order chi connectivity index (χ1) is 15.5. The third-order valence-corrected chi connectivity index (χ3v) is 7.60. The van der Waals surface area contributed by atoms with Gasteiger partial charge in [0.15, 0.2) is 0 Å². The maximum absolute atomic E-state index is 12.5. The fourth-order valence-corrected chi connectivity index (χ4v) is 6.59. The zero-order chi connectivity index (χ0) is 22.1. The molecule has 0 radical (unpaired) electrons. The summed E-state index contributed by atoms with van der Waals surface area (Å²) in [6, 6.07) is 14.4.